The van der Waals surface area contributed by atoms with Gasteiger partial charge in [0.1, 0.15) is 11.5 Å². The maximum atomic E-state index is 12.1. The minimum absolute atomic E-state index is 0.439. The monoisotopic (exact) mass is 431 g/mol. The molecule has 2 N–H and O–H groups in total. The topological polar surface area (TPSA) is 100 Å². The average molecular weight is 432 g/mol. The van der Waals surface area contributed by atoms with Crippen molar-refractivity contribution in [2.24, 2.45) is 0 Å². The molecule has 8 heteroatoms. The van der Waals surface area contributed by atoms with Gasteiger partial charge in [-0.2, -0.15) is 5.26 Å². The zero-order chi connectivity index (χ0) is 19.8. The summed E-state index contributed by atoms with van der Waals surface area (Å²) in [5.41, 5.74) is 5.09. The SMILES string of the molecule is CC(Oc1ccc(C#N)cc1)C(=O)NNC(=O)C(C)Oc1cccc(Br)c1. The first kappa shape index (κ1) is 20.3. The average Bonchev–Trinajstić information content (AvgIpc) is 2.66. The third kappa shape index (κ3) is 6.31. The molecule has 140 valence electrons. The van der Waals surface area contributed by atoms with E-state index in [2.05, 4.69) is 26.8 Å². The number of benzene rings is 2. The molecule has 2 rings (SSSR count). The van der Waals surface area contributed by atoms with E-state index in [1.165, 1.54) is 0 Å². The van der Waals surface area contributed by atoms with Crippen LogP contribution in [0.3, 0.4) is 0 Å². The highest BCUT2D eigenvalue weighted by atomic mass is 79.9. The van der Waals surface area contributed by atoms with Crippen LogP contribution < -0.4 is 20.3 Å². The van der Waals surface area contributed by atoms with Gasteiger partial charge in [0.25, 0.3) is 11.8 Å². The van der Waals surface area contributed by atoms with E-state index in [-0.39, 0.29) is 0 Å². The largest absolute Gasteiger partial charge is 0.481 e. The summed E-state index contributed by atoms with van der Waals surface area (Å²) in [7, 11) is 0. The van der Waals surface area contributed by atoms with Gasteiger partial charge in [-0.15, -0.1) is 0 Å². The first-order valence-corrected chi connectivity index (χ1v) is 8.87. The maximum Gasteiger partial charge on any atom is 0.279 e. The van der Waals surface area contributed by atoms with Crippen LogP contribution in [0.2, 0.25) is 0 Å². The number of rotatable bonds is 6. The summed E-state index contributed by atoms with van der Waals surface area (Å²) in [6.45, 7) is 3.11. The molecule has 0 aliphatic rings. The molecule has 2 atom stereocenters. The van der Waals surface area contributed by atoms with E-state index in [0.29, 0.717) is 17.1 Å². The second-order valence-corrected chi connectivity index (χ2v) is 6.51. The van der Waals surface area contributed by atoms with Crippen LogP contribution in [0.25, 0.3) is 0 Å². The highest BCUT2D eigenvalue weighted by molar-refractivity contribution is 9.10. The lowest BCUT2D eigenvalue weighted by atomic mass is 10.2. The normalized spacial score (nSPS) is 12.2. The molecule has 0 aromatic heterocycles. The van der Waals surface area contributed by atoms with Gasteiger partial charge in [0, 0.05) is 4.47 Å². The van der Waals surface area contributed by atoms with Crippen LogP contribution in [0.4, 0.5) is 0 Å². The summed E-state index contributed by atoms with van der Waals surface area (Å²) in [4.78, 5) is 24.1. The number of amides is 2. The Bertz CT molecular complexity index is 849. The number of ether oxygens (including phenoxy) is 2. The molecule has 7 nitrogen and oxygen atoms in total. The van der Waals surface area contributed by atoms with Crippen LogP contribution in [0, 0.1) is 11.3 Å². The molecule has 0 heterocycles. The van der Waals surface area contributed by atoms with Crippen LogP contribution in [0.1, 0.15) is 19.4 Å². The Hall–Kier alpha value is -3.05. The van der Waals surface area contributed by atoms with Gasteiger partial charge >= 0.3 is 0 Å². The van der Waals surface area contributed by atoms with Crippen molar-refractivity contribution in [2.75, 3.05) is 0 Å². The quantitative estimate of drug-likeness (QED) is 0.684. The first-order valence-electron chi connectivity index (χ1n) is 8.08. The molecule has 2 amide bonds. The highest BCUT2D eigenvalue weighted by Gasteiger charge is 2.19. The lowest BCUT2D eigenvalue weighted by Crippen LogP contribution is -2.50. The summed E-state index contributed by atoms with van der Waals surface area (Å²) < 4.78 is 11.8. The van der Waals surface area contributed by atoms with Gasteiger partial charge in [-0.25, -0.2) is 0 Å². The number of nitrogens with zero attached hydrogens (tertiary/aromatic N) is 1. The number of hydrogen-bond donors (Lipinski definition) is 2. The van der Waals surface area contributed by atoms with Gasteiger partial charge in [-0.1, -0.05) is 22.0 Å². The standard InChI is InChI=1S/C19H18BrN3O4/c1-12(26-16-8-6-14(11-21)7-9-16)18(24)22-23-19(25)13(2)27-17-5-3-4-15(20)10-17/h3-10,12-13H,1-2H3,(H,22,24)(H,23,25). The molecule has 0 aliphatic carbocycles. The van der Waals surface area contributed by atoms with E-state index in [1.807, 2.05) is 12.1 Å². The Morgan fingerprint density at radius 3 is 2.04 bits per heavy atom. The molecule has 0 spiro atoms. The predicted octanol–water partition coefficient (Wildman–Crippen LogP) is 2.70. The van der Waals surface area contributed by atoms with Crippen molar-refractivity contribution >= 4 is 27.7 Å². The fraction of sp³-hybridized carbons (Fsp3) is 0.211. The van der Waals surface area contributed by atoms with Crippen LogP contribution in [0.15, 0.2) is 53.0 Å². The molecular formula is C19H18BrN3O4. The van der Waals surface area contributed by atoms with Crippen LogP contribution in [-0.2, 0) is 9.59 Å². The number of hydrazine groups is 1. The van der Waals surface area contributed by atoms with E-state index in [0.717, 1.165) is 4.47 Å². The molecule has 0 saturated carbocycles. The Labute approximate surface area is 165 Å². The highest BCUT2D eigenvalue weighted by Crippen LogP contribution is 2.18. The summed E-state index contributed by atoms with van der Waals surface area (Å²) in [6.07, 6.45) is -1.66. The van der Waals surface area contributed by atoms with Crippen molar-refractivity contribution in [3.8, 4) is 17.6 Å². The van der Waals surface area contributed by atoms with E-state index in [1.54, 1.807) is 56.3 Å². The van der Waals surface area contributed by atoms with Gasteiger partial charge in [-0.3, -0.25) is 20.4 Å². The van der Waals surface area contributed by atoms with Crippen LogP contribution >= 0.6 is 15.9 Å². The van der Waals surface area contributed by atoms with Gasteiger partial charge < -0.3 is 9.47 Å². The first-order chi connectivity index (χ1) is 12.9. The summed E-state index contributed by atoms with van der Waals surface area (Å²) in [5.74, 6) is -0.0681. The Kier molecular flexibility index (Phi) is 7.20. The minimum atomic E-state index is -0.848. The van der Waals surface area contributed by atoms with Crippen molar-refractivity contribution in [3.63, 3.8) is 0 Å². The van der Waals surface area contributed by atoms with Crippen molar-refractivity contribution in [1.82, 2.24) is 10.9 Å². The number of carbonyl (C=O) groups is 2. The van der Waals surface area contributed by atoms with Crippen LogP contribution in [-0.4, -0.2) is 24.0 Å². The number of halogens is 1. The second-order valence-electron chi connectivity index (χ2n) is 5.59. The molecule has 0 saturated heterocycles. The number of hydrogen-bond acceptors (Lipinski definition) is 5. The number of nitriles is 1. The van der Waals surface area contributed by atoms with E-state index < -0.39 is 24.0 Å². The molecule has 0 radical (unpaired) electrons. The molecule has 2 aromatic rings. The van der Waals surface area contributed by atoms with E-state index >= 15 is 0 Å². The third-order valence-electron chi connectivity index (χ3n) is 3.45. The van der Waals surface area contributed by atoms with E-state index in [9.17, 15) is 9.59 Å². The van der Waals surface area contributed by atoms with Crippen molar-refractivity contribution in [1.29, 1.82) is 5.26 Å². The molecule has 2 aromatic carbocycles. The van der Waals surface area contributed by atoms with Gasteiger partial charge in [0.2, 0.25) is 0 Å². The zero-order valence-corrected chi connectivity index (χ0v) is 16.3. The lowest BCUT2D eigenvalue weighted by molar-refractivity contribution is -0.135. The Balaban J connectivity index is 1.80. The molecule has 27 heavy (non-hydrogen) atoms. The molecule has 0 aliphatic heterocycles. The van der Waals surface area contributed by atoms with E-state index in [4.69, 9.17) is 14.7 Å². The van der Waals surface area contributed by atoms with Gasteiger partial charge in [0.15, 0.2) is 12.2 Å². The summed E-state index contributed by atoms with van der Waals surface area (Å²) in [5, 5.41) is 8.76. The van der Waals surface area contributed by atoms with Crippen molar-refractivity contribution < 1.29 is 19.1 Å². The molecular weight excluding hydrogens is 414 g/mol. The molecule has 0 fully saturated rings. The Morgan fingerprint density at radius 2 is 1.52 bits per heavy atom. The summed E-state index contributed by atoms with van der Waals surface area (Å²) >= 11 is 3.32. The second kappa shape index (κ2) is 9.59. The number of nitrogens with one attached hydrogen (secondary N) is 2. The van der Waals surface area contributed by atoms with Gasteiger partial charge in [-0.05, 0) is 56.3 Å². The van der Waals surface area contributed by atoms with Gasteiger partial charge in [0.05, 0.1) is 11.6 Å². The maximum absolute atomic E-state index is 12.1. The van der Waals surface area contributed by atoms with Crippen molar-refractivity contribution in [2.45, 2.75) is 26.1 Å². The van der Waals surface area contributed by atoms with Crippen LogP contribution in [0.5, 0.6) is 11.5 Å². The molecule has 2 unspecified atom stereocenters. The summed E-state index contributed by atoms with van der Waals surface area (Å²) in [6, 6.07) is 15.4. The smallest absolute Gasteiger partial charge is 0.279 e. The minimum Gasteiger partial charge on any atom is -0.481 e. The predicted molar refractivity (Wildman–Crippen MR) is 102 cm³/mol. The number of carbonyl (C=O) groups excluding carboxylic acids is 2. The lowest BCUT2D eigenvalue weighted by Gasteiger charge is -2.17. The Morgan fingerprint density at radius 1 is 0.963 bits per heavy atom. The fourth-order valence-corrected chi connectivity index (χ4v) is 2.37. The third-order valence-corrected chi connectivity index (χ3v) is 3.95. The fourth-order valence-electron chi connectivity index (χ4n) is 1.99. The molecule has 0 bridgehead atoms. The zero-order valence-electron chi connectivity index (χ0n) is 14.7. The van der Waals surface area contributed by atoms with Crippen molar-refractivity contribution in [3.05, 3.63) is 58.6 Å².